The largest absolute Gasteiger partial charge is 0.310 e. The second kappa shape index (κ2) is 4.30. The first-order valence-corrected chi connectivity index (χ1v) is 3.31. The predicted molar refractivity (Wildman–Crippen MR) is 42.0 cm³/mol. The van der Waals surface area contributed by atoms with Gasteiger partial charge in [0.05, 0.1) is 0 Å². The Hall–Kier alpha value is -0.590. The Kier molecular flexibility index (Phi) is 4.02. The third kappa shape index (κ3) is 5.28. The number of rotatable bonds is 4. The molecule has 1 N–H and O–H groups in total. The van der Waals surface area contributed by atoms with E-state index in [4.69, 9.17) is 5.41 Å². The van der Waals surface area contributed by atoms with Crippen LogP contribution in [0.1, 0.15) is 26.7 Å². The van der Waals surface area contributed by atoms with Gasteiger partial charge in [-0.25, -0.2) is 0 Å². The minimum absolute atomic E-state index is 0.597. The van der Waals surface area contributed by atoms with E-state index < -0.39 is 0 Å². The normalized spacial score (nSPS) is 12.7. The molecule has 1 nitrogen and oxygen atoms in total. The molecule has 0 aliphatic carbocycles. The molecule has 0 saturated heterocycles. The molecular formula is C8H15N. The second-order valence-corrected chi connectivity index (χ2v) is 2.61. The molecular weight excluding hydrogens is 110 g/mol. The van der Waals surface area contributed by atoms with E-state index in [0.29, 0.717) is 5.92 Å². The van der Waals surface area contributed by atoms with Crippen LogP contribution in [0.15, 0.2) is 12.7 Å². The average Bonchev–Trinajstić information content (AvgIpc) is 1.63. The Balaban J connectivity index is 3.37. The fraction of sp³-hybridized carbons (Fsp3) is 0.625. The van der Waals surface area contributed by atoms with E-state index in [0.717, 1.165) is 18.6 Å². The maximum Gasteiger partial charge on any atom is 0.00609 e. The van der Waals surface area contributed by atoms with E-state index in [9.17, 15) is 0 Å². The highest BCUT2D eigenvalue weighted by Crippen LogP contribution is 2.07. The van der Waals surface area contributed by atoms with Crippen molar-refractivity contribution < 1.29 is 0 Å². The molecule has 0 bridgehead atoms. The SMILES string of the molecule is C=CCC(C)CC(C)=N. The fourth-order valence-electron chi connectivity index (χ4n) is 0.891. The maximum absolute atomic E-state index is 7.17. The van der Waals surface area contributed by atoms with Gasteiger partial charge in [-0.3, -0.25) is 0 Å². The van der Waals surface area contributed by atoms with Gasteiger partial charge in [-0.1, -0.05) is 13.0 Å². The first-order chi connectivity index (χ1) is 4.16. The van der Waals surface area contributed by atoms with Crippen LogP contribution < -0.4 is 0 Å². The zero-order chi connectivity index (χ0) is 7.28. The van der Waals surface area contributed by atoms with Crippen molar-refractivity contribution in [1.29, 1.82) is 5.41 Å². The second-order valence-electron chi connectivity index (χ2n) is 2.61. The summed E-state index contributed by atoms with van der Waals surface area (Å²) in [5, 5.41) is 7.17. The van der Waals surface area contributed by atoms with Crippen LogP contribution in [-0.2, 0) is 0 Å². The van der Waals surface area contributed by atoms with Crippen molar-refractivity contribution in [3.05, 3.63) is 12.7 Å². The standard InChI is InChI=1S/C8H15N/c1-4-5-7(2)6-8(3)9/h4,7,9H,1,5-6H2,2-3H3. The average molecular weight is 125 g/mol. The molecule has 0 aliphatic rings. The molecule has 9 heavy (non-hydrogen) atoms. The van der Waals surface area contributed by atoms with E-state index in [1.165, 1.54) is 0 Å². The lowest BCUT2D eigenvalue weighted by atomic mass is 10.0. The Bertz CT molecular complexity index is 105. The van der Waals surface area contributed by atoms with Crippen LogP contribution in [0.2, 0.25) is 0 Å². The topological polar surface area (TPSA) is 23.9 Å². The Labute approximate surface area is 57.3 Å². The van der Waals surface area contributed by atoms with Gasteiger partial charge in [0.1, 0.15) is 0 Å². The summed E-state index contributed by atoms with van der Waals surface area (Å²) < 4.78 is 0. The molecule has 1 unspecified atom stereocenters. The fourth-order valence-corrected chi connectivity index (χ4v) is 0.891. The first kappa shape index (κ1) is 8.41. The zero-order valence-corrected chi connectivity index (χ0v) is 6.28. The van der Waals surface area contributed by atoms with Crippen molar-refractivity contribution in [2.24, 2.45) is 5.92 Å². The van der Waals surface area contributed by atoms with Crippen LogP contribution in [0.5, 0.6) is 0 Å². The summed E-state index contributed by atoms with van der Waals surface area (Å²) in [7, 11) is 0. The van der Waals surface area contributed by atoms with Crippen LogP contribution >= 0.6 is 0 Å². The Morgan fingerprint density at radius 3 is 2.67 bits per heavy atom. The van der Waals surface area contributed by atoms with Crippen LogP contribution in [0.25, 0.3) is 0 Å². The molecule has 0 amide bonds. The van der Waals surface area contributed by atoms with E-state index >= 15 is 0 Å². The van der Waals surface area contributed by atoms with Gasteiger partial charge in [0.25, 0.3) is 0 Å². The lowest BCUT2D eigenvalue weighted by molar-refractivity contribution is 0.618. The highest BCUT2D eigenvalue weighted by molar-refractivity contribution is 5.78. The summed E-state index contributed by atoms with van der Waals surface area (Å²) in [6.45, 7) is 7.62. The summed E-state index contributed by atoms with van der Waals surface area (Å²) in [4.78, 5) is 0. The van der Waals surface area contributed by atoms with Crippen LogP contribution in [0, 0.1) is 11.3 Å². The molecule has 0 saturated carbocycles. The molecule has 1 atom stereocenters. The van der Waals surface area contributed by atoms with E-state index in [1.54, 1.807) is 0 Å². The van der Waals surface area contributed by atoms with Crippen molar-refractivity contribution in [2.75, 3.05) is 0 Å². The minimum atomic E-state index is 0.597. The van der Waals surface area contributed by atoms with Gasteiger partial charge in [0.15, 0.2) is 0 Å². The predicted octanol–water partition coefficient (Wildman–Crippen LogP) is 2.63. The summed E-state index contributed by atoms with van der Waals surface area (Å²) >= 11 is 0. The van der Waals surface area contributed by atoms with Gasteiger partial charge in [-0.2, -0.15) is 0 Å². The van der Waals surface area contributed by atoms with Crippen molar-refractivity contribution in [1.82, 2.24) is 0 Å². The molecule has 0 rings (SSSR count). The molecule has 0 aromatic rings. The van der Waals surface area contributed by atoms with Crippen LogP contribution in [0.3, 0.4) is 0 Å². The van der Waals surface area contributed by atoms with Gasteiger partial charge >= 0.3 is 0 Å². The van der Waals surface area contributed by atoms with E-state index in [1.807, 2.05) is 13.0 Å². The molecule has 0 heterocycles. The third-order valence-electron chi connectivity index (χ3n) is 1.22. The highest BCUT2D eigenvalue weighted by atomic mass is 14.4. The molecule has 1 heteroatoms. The smallest absolute Gasteiger partial charge is 0.00609 e. The molecule has 52 valence electrons. The van der Waals surface area contributed by atoms with Crippen molar-refractivity contribution in [2.45, 2.75) is 26.7 Å². The van der Waals surface area contributed by atoms with Crippen molar-refractivity contribution in [3.8, 4) is 0 Å². The quantitative estimate of drug-likeness (QED) is 0.441. The maximum atomic E-state index is 7.17. The lowest BCUT2D eigenvalue weighted by Gasteiger charge is -2.04. The monoisotopic (exact) mass is 125 g/mol. The number of hydrogen-bond donors (Lipinski definition) is 1. The van der Waals surface area contributed by atoms with Gasteiger partial charge in [-0.05, 0) is 25.7 Å². The summed E-state index contributed by atoms with van der Waals surface area (Å²) in [6, 6.07) is 0. The first-order valence-electron chi connectivity index (χ1n) is 3.31. The highest BCUT2D eigenvalue weighted by Gasteiger charge is 1.98. The van der Waals surface area contributed by atoms with E-state index in [-0.39, 0.29) is 0 Å². The summed E-state index contributed by atoms with van der Waals surface area (Å²) in [5.74, 6) is 0.597. The Morgan fingerprint density at radius 2 is 2.33 bits per heavy atom. The van der Waals surface area contributed by atoms with E-state index in [2.05, 4.69) is 13.5 Å². The number of allylic oxidation sites excluding steroid dienone is 1. The molecule has 0 aliphatic heterocycles. The van der Waals surface area contributed by atoms with Crippen molar-refractivity contribution in [3.63, 3.8) is 0 Å². The molecule has 0 spiro atoms. The van der Waals surface area contributed by atoms with Crippen LogP contribution in [0.4, 0.5) is 0 Å². The van der Waals surface area contributed by atoms with Crippen LogP contribution in [-0.4, -0.2) is 5.71 Å². The third-order valence-corrected chi connectivity index (χ3v) is 1.22. The zero-order valence-electron chi connectivity index (χ0n) is 6.28. The van der Waals surface area contributed by atoms with Gasteiger partial charge in [0, 0.05) is 5.71 Å². The van der Waals surface area contributed by atoms with Gasteiger partial charge < -0.3 is 5.41 Å². The molecule has 0 radical (unpaired) electrons. The lowest BCUT2D eigenvalue weighted by Crippen LogP contribution is -1.98. The van der Waals surface area contributed by atoms with Crippen molar-refractivity contribution >= 4 is 5.71 Å². The molecule has 0 fully saturated rings. The summed E-state index contributed by atoms with van der Waals surface area (Å²) in [5.41, 5.74) is 0.768. The van der Waals surface area contributed by atoms with Gasteiger partial charge in [0.2, 0.25) is 0 Å². The number of nitrogens with one attached hydrogen (secondary N) is 1. The number of hydrogen-bond acceptors (Lipinski definition) is 1. The molecule has 0 aromatic carbocycles. The van der Waals surface area contributed by atoms with Gasteiger partial charge in [-0.15, -0.1) is 6.58 Å². The summed E-state index contributed by atoms with van der Waals surface area (Å²) in [6.07, 6.45) is 3.84. The molecule has 0 aromatic heterocycles. The minimum Gasteiger partial charge on any atom is -0.310 e. The Morgan fingerprint density at radius 1 is 1.78 bits per heavy atom.